The highest BCUT2D eigenvalue weighted by Crippen LogP contribution is 2.25. The minimum atomic E-state index is -0.254. The first-order valence-corrected chi connectivity index (χ1v) is 8.05. The van der Waals surface area contributed by atoms with E-state index in [2.05, 4.69) is 16.2 Å². The number of benzene rings is 2. The lowest BCUT2D eigenvalue weighted by molar-refractivity contribution is 0.0951. The maximum atomic E-state index is 12.5. The Morgan fingerprint density at radius 1 is 1.28 bits per heavy atom. The van der Waals surface area contributed by atoms with Crippen LogP contribution in [0.2, 0.25) is 5.02 Å². The molecule has 0 aliphatic heterocycles. The van der Waals surface area contributed by atoms with Crippen molar-refractivity contribution < 1.29 is 9.21 Å². The smallest absolute Gasteiger partial charge is 0.252 e. The second-order valence-corrected chi connectivity index (χ2v) is 5.81. The molecule has 1 N–H and O–H groups in total. The predicted molar refractivity (Wildman–Crippen MR) is 96.5 cm³/mol. The third-order valence-electron chi connectivity index (χ3n) is 3.79. The van der Waals surface area contributed by atoms with Gasteiger partial charge in [0.1, 0.15) is 6.26 Å². The monoisotopic (exact) mass is 350 g/mol. The van der Waals surface area contributed by atoms with Crippen molar-refractivity contribution in [1.82, 2.24) is 10.3 Å². The maximum Gasteiger partial charge on any atom is 0.252 e. The summed E-state index contributed by atoms with van der Waals surface area (Å²) in [6.45, 7) is 0.304. The summed E-state index contributed by atoms with van der Waals surface area (Å²) in [6, 6.07) is 14.4. The van der Waals surface area contributed by atoms with Crippen LogP contribution in [0.3, 0.4) is 0 Å². The SMILES string of the molecule is C#Cc1ccccc1C(=O)NCC(c1cccc(Cl)c1)c1ncco1. The maximum absolute atomic E-state index is 12.5. The van der Waals surface area contributed by atoms with Crippen LogP contribution in [0, 0.1) is 12.3 Å². The number of hydrogen-bond donors (Lipinski definition) is 1. The van der Waals surface area contributed by atoms with Crippen molar-refractivity contribution in [2.45, 2.75) is 5.92 Å². The van der Waals surface area contributed by atoms with E-state index in [0.29, 0.717) is 28.6 Å². The Labute approximate surface area is 150 Å². The van der Waals surface area contributed by atoms with Gasteiger partial charge < -0.3 is 9.73 Å². The molecule has 4 nitrogen and oxygen atoms in total. The van der Waals surface area contributed by atoms with Crippen molar-refractivity contribution in [1.29, 1.82) is 0 Å². The van der Waals surface area contributed by atoms with Gasteiger partial charge in [-0.25, -0.2) is 4.98 Å². The van der Waals surface area contributed by atoms with Gasteiger partial charge in [-0.2, -0.15) is 0 Å². The molecule has 124 valence electrons. The molecular formula is C20H15ClN2O2. The molecule has 0 fully saturated rings. The number of rotatable bonds is 5. The zero-order chi connectivity index (χ0) is 17.6. The fourth-order valence-electron chi connectivity index (χ4n) is 2.57. The molecule has 1 unspecified atom stereocenters. The van der Waals surface area contributed by atoms with Gasteiger partial charge in [0.05, 0.1) is 17.7 Å². The second kappa shape index (κ2) is 7.69. The van der Waals surface area contributed by atoms with Crippen molar-refractivity contribution in [2.75, 3.05) is 6.54 Å². The zero-order valence-electron chi connectivity index (χ0n) is 13.3. The summed E-state index contributed by atoms with van der Waals surface area (Å²) >= 11 is 6.09. The number of carbonyl (C=O) groups excluding carboxylic acids is 1. The van der Waals surface area contributed by atoms with Crippen molar-refractivity contribution in [2.24, 2.45) is 0 Å². The van der Waals surface area contributed by atoms with Crippen LogP contribution in [-0.2, 0) is 0 Å². The van der Waals surface area contributed by atoms with Gasteiger partial charge in [0.15, 0.2) is 0 Å². The normalized spacial score (nSPS) is 11.5. The zero-order valence-corrected chi connectivity index (χ0v) is 14.0. The molecule has 0 saturated heterocycles. The summed E-state index contributed by atoms with van der Waals surface area (Å²) in [5, 5.41) is 3.51. The molecule has 1 amide bonds. The molecule has 1 atom stereocenters. The summed E-state index contributed by atoms with van der Waals surface area (Å²) in [7, 11) is 0. The Morgan fingerprint density at radius 2 is 2.12 bits per heavy atom. The molecule has 0 bridgehead atoms. The Hall–Kier alpha value is -3.03. The highest BCUT2D eigenvalue weighted by Gasteiger charge is 2.20. The minimum Gasteiger partial charge on any atom is -0.448 e. The van der Waals surface area contributed by atoms with Gasteiger partial charge in [-0.3, -0.25) is 4.79 Å². The van der Waals surface area contributed by atoms with Crippen LogP contribution in [0.4, 0.5) is 0 Å². The summed E-state index contributed by atoms with van der Waals surface area (Å²) in [5.41, 5.74) is 1.91. The van der Waals surface area contributed by atoms with Crippen LogP contribution in [-0.4, -0.2) is 17.4 Å². The molecule has 2 aromatic carbocycles. The number of amides is 1. The molecule has 1 heterocycles. The molecule has 0 aliphatic carbocycles. The van der Waals surface area contributed by atoms with Gasteiger partial charge in [-0.1, -0.05) is 41.8 Å². The predicted octanol–water partition coefficient (Wildman–Crippen LogP) is 3.87. The van der Waals surface area contributed by atoms with E-state index in [1.165, 1.54) is 6.26 Å². The number of nitrogens with zero attached hydrogens (tertiary/aromatic N) is 1. The highest BCUT2D eigenvalue weighted by atomic mass is 35.5. The molecule has 25 heavy (non-hydrogen) atoms. The number of terminal acetylenes is 1. The van der Waals surface area contributed by atoms with E-state index in [1.807, 2.05) is 18.2 Å². The minimum absolute atomic E-state index is 0.243. The Morgan fingerprint density at radius 3 is 2.84 bits per heavy atom. The first-order valence-electron chi connectivity index (χ1n) is 7.67. The van der Waals surface area contributed by atoms with E-state index >= 15 is 0 Å². The molecule has 0 radical (unpaired) electrons. The standard InChI is InChI=1S/C20H15ClN2O2/c1-2-14-6-3-4-9-17(14)19(24)23-13-18(20-22-10-11-25-20)15-7-5-8-16(21)12-15/h1,3-12,18H,13H2,(H,23,24). The van der Waals surface area contributed by atoms with Crippen LogP contribution in [0.5, 0.6) is 0 Å². The van der Waals surface area contributed by atoms with Crippen molar-refractivity contribution >= 4 is 17.5 Å². The quantitative estimate of drug-likeness (QED) is 0.711. The molecule has 0 spiro atoms. The van der Waals surface area contributed by atoms with Gasteiger partial charge in [0, 0.05) is 17.1 Å². The van der Waals surface area contributed by atoms with Crippen LogP contribution < -0.4 is 5.32 Å². The number of nitrogens with one attached hydrogen (secondary N) is 1. The van der Waals surface area contributed by atoms with Gasteiger partial charge in [0.25, 0.3) is 5.91 Å². The van der Waals surface area contributed by atoms with Gasteiger partial charge in [-0.05, 0) is 29.8 Å². The third-order valence-corrected chi connectivity index (χ3v) is 4.03. The van der Waals surface area contributed by atoms with E-state index in [4.69, 9.17) is 22.4 Å². The summed E-state index contributed by atoms with van der Waals surface area (Å²) in [4.78, 5) is 16.7. The molecule has 3 aromatic rings. The van der Waals surface area contributed by atoms with Crippen molar-refractivity contribution in [3.8, 4) is 12.3 Å². The second-order valence-electron chi connectivity index (χ2n) is 5.38. The molecule has 0 saturated carbocycles. The van der Waals surface area contributed by atoms with Crippen LogP contribution in [0.1, 0.15) is 33.3 Å². The number of aromatic nitrogens is 1. The largest absolute Gasteiger partial charge is 0.448 e. The molecule has 3 rings (SSSR count). The Kier molecular flexibility index (Phi) is 5.17. The summed E-state index contributed by atoms with van der Waals surface area (Å²) in [5.74, 6) is 2.53. The lowest BCUT2D eigenvalue weighted by Crippen LogP contribution is -2.29. The molecule has 1 aromatic heterocycles. The topological polar surface area (TPSA) is 55.1 Å². The van der Waals surface area contributed by atoms with Crippen LogP contribution in [0.25, 0.3) is 0 Å². The third kappa shape index (κ3) is 3.90. The number of oxazole rings is 1. The molecule has 0 aliphatic rings. The van der Waals surface area contributed by atoms with Gasteiger partial charge in [-0.15, -0.1) is 6.42 Å². The van der Waals surface area contributed by atoms with E-state index < -0.39 is 0 Å². The molecular weight excluding hydrogens is 336 g/mol. The average Bonchev–Trinajstić information content (AvgIpc) is 3.16. The molecule has 5 heteroatoms. The lowest BCUT2D eigenvalue weighted by Gasteiger charge is -2.16. The highest BCUT2D eigenvalue weighted by molar-refractivity contribution is 6.30. The van der Waals surface area contributed by atoms with E-state index in [0.717, 1.165) is 5.56 Å². The van der Waals surface area contributed by atoms with Gasteiger partial charge in [0.2, 0.25) is 5.89 Å². The van der Waals surface area contributed by atoms with E-state index in [9.17, 15) is 4.79 Å². The fraction of sp³-hybridized carbons (Fsp3) is 0.100. The van der Waals surface area contributed by atoms with Crippen molar-refractivity contribution in [3.05, 3.63) is 88.6 Å². The number of hydrogen-bond acceptors (Lipinski definition) is 3. The first kappa shape index (κ1) is 16.8. The van der Waals surface area contributed by atoms with Crippen LogP contribution in [0.15, 0.2) is 65.4 Å². The number of carbonyl (C=O) groups is 1. The summed E-state index contributed by atoms with van der Waals surface area (Å²) in [6.07, 6.45) is 8.53. The lowest BCUT2D eigenvalue weighted by atomic mass is 9.98. The number of halogens is 1. The Bertz CT molecular complexity index is 913. The van der Waals surface area contributed by atoms with Crippen molar-refractivity contribution in [3.63, 3.8) is 0 Å². The van der Waals surface area contributed by atoms with Crippen LogP contribution >= 0.6 is 11.6 Å². The first-order chi connectivity index (χ1) is 12.2. The fourth-order valence-corrected chi connectivity index (χ4v) is 2.77. The Balaban J connectivity index is 1.82. The average molecular weight is 351 g/mol. The van der Waals surface area contributed by atoms with Gasteiger partial charge >= 0.3 is 0 Å². The summed E-state index contributed by atoms with van der Waals surface area (Å²) < 4.78 is 5.43. The van der Waals surface area contributed by atoms with E-state index in [1.54, 1.807) is 36.5 Å². The van der Waals surface area contributed by atoms with E-state index in [-0.39, 0.29) is 11.8 Å².